The molecule has 0 saturated carbocycles. The van der Waals surface area contributed by atoms with Gasteiger partial charge in [-0.3, -0.25) is 0 Å². The Morgan fingerprint density at radius 2 is 2.05 bits per heavy atom. The van der Waals surface area contributed by atoms with Crippen LogP contribution in [0.1, 0.15) is 31.4 Å². The lowest BCUT2D eigenvalue weighted by Gasteiger charge is -2.14. The zero-order chi connectivity index (χ0) is 15.1. The SMILES string of the molecule is CCC(C)NCc1ccccc1CCSc1nnnn1C. The first kappa shape index (κ1) is 16.0. The Bertz CT molecular complexity index is 555. The molecule has 0 saturated heterocycles. The van der Waals surface area contributed by atoms with Crippen LogP contribution in [-0.2, 0) is 20.0 Å². The van der Waals surface area contributed by atoms with E-state index in [0.29, 0.717) is 6.04 Å². The van der Waals surface area contributed by atoms with E-state index in [2.05, 4.69) is 59.0 Å². The number of benzene rings is 1. The van der Waals surface area contributed by atoms with Crippen LogP contribution in [-0.4, -0.2) is 32.0 Å². The topological polar surface area (TPSA) is 55.6 Å². The minimum Gasteiger partial charge on any atom is -0.310 e. The second-order valence-corrected chi connectivity index (χ2v) is 6.20. The van der Waals surface area contributed by atoms with Gasteiger partial charge in [0.15, 0.2) is 0 Å². The van der Waals surface area contributed by atoms with Gasteiger partial charge in [-0.05, 0) is 41.3 Å². The zero-order valence-electron chi connectivity index (χ0n) is 12.9. The van der Waals surface area contributed by atoms with Crippen LogP contribution in [0.4, 0.5) is 0 Å². The second kappa shape index (κ2) is 8.14. The quantitative estimate of drug-likeness (QED) is 0.759. The van der Waals surface area contributed by atoms with E-state index in [9.17, 15) is 0 Å². The summed E-state index contributed by atoms with van der Waals surface area (Å²) >= 11 is 1.69. The molecule has 1 N–H and O–H groups in total. The van der Waals surface area contributed by atoms with Crippen molar-refractivity contribution in [2.45, 2.75) is 44.4 Å². The van der Waals surface area contributed by atoms with Crippen LogP contribution in [0.15, 0.2) is 29.4 Å². The number of aromatic nitrogens is 4. The summed E-state index contributed by atoms with van der Waals surface area (Å²) in [5.41, 5.74) is 2.78. The van der Waals surface area contributed by atoms with Crippen molar-refractivity contribution in [3.8, 4) is 0 Å². The molecule has 6 heteroatoms. The smallest absolute Gasteiger partial charge is 0.209 e. The molecular formula is C15H23N5S. The molecule has 0 aliphatic carbocycles. The summed E-state index contributed by atoms with van der Waals surface area (Å²) in [5, 5.41) is 15.9. The maximum atomic E-state index is 3.99. The van der Waals surface area contributed by atoms with Crippen LogP contribution >= 0.6 is 11.8 Å². The van der Waals surface area contributed by atoms with E-state index in [1.165, 1.54) is 11.1 Å². The maximum Gasteiger partial charge on any atom is 0.209 e. The van der Waals surface area contributed by atoms with Gasteiger partial charge in [-0.2, -0.15) is 0 Å². The molecule has 0 spiro atoms. The van der Waals surface area contributed by atoms with Crippen molar-refractivity contribution in [1.29, 1.82) is 0 Å². The standard InChI is InChI=1S/C15H23N5S/c1-4-12(2)16-11-14-8-6-5-7-13(14)9-10-21-15-17-18-19-20(15)3/h5-8,12,16H,4,9-11H2,1-3H3. The number of hydrogen-bond donors (Lipinski definition) is 1. The van der Waals surface area contributed by atoms with Gasteiger partial charge in [-0.25, -0.2) is 4.68 Å². The van der Waals surface area contributed by atoms with Crippen LogP contribution < -0.4 is 5.32 Å². The number of nitrogens with one attached hydrogen (secondary N) is 1. The van der Waals surface area contributed by atoms with Crippen molar-refractivity contribution in [3.05, 3.63) is 35.4 Å². The van der Waals surface area contributed by atoms with E-state index < -0.39 is 0 Å². The molecule has 0 bridgehead atoms. The van der Waals surface area contributed by atoms with Crippen molar-refractivity contribution < 1.29 is 0 Å². The number of rotatable bonds is 8. The van der Waals surface area contributed by atoms with Gasteiger partial charge in [-0.15, -0.1) is 5.10 Å². The third-order valence-electron chi connectivity index (χ3n) is 3.56. The van der Waals surface area contributed by atoms with Crippen molar-refractivity contribution >= 4 is 11.8 Å². The Labute approximate surface area is 130 Å². The van der Waals surface area contributed by atoms with E-state index in [1.54, 1.807) is 16.4 Å². The highest BCUT2D eigenvalue weighted by atomic mass is 32.2. The Morgan fingerprint density at radius 1 is 1.29 bits per heavy atom. The number of thioether (sulfide) groups is 1. The number of tetrazole rings is 1. The molecule has 1 atom stereocenters. The fourth-order valence-corrected chi connectivity index (χ4v) is 2.82. The molecule has 0 radical (unpaired) electrons. The molecule has 0 amide bonds. The summed E-state index contributed by atoms with van der Waals surface area (Å²) in [6.07, 6.45) is 2.17. The molecule has 1 aromatic carbocycles. The normalized spacial score (nSPS) is 12.5. The molecule has 1 aromatic heterocycles. The molecule has 1 unspecified atom stereocenters. The fourth-order valence-electron chi connectivity index (χ4n) is 2.00. The van der Waals surface area contributed by atoms with Gasteiger partial charge in [0.05, 0.1) is 0 Å². The van der Waals surface area contributed by atoms with Crippen LogP contribution in [0, 0.1) is 0 Å². The number of nitrogens with zero attached hydrogens (tertiary/aromatic N) is 4. The van der Waals surface area contributed by atoms with Crippen molar-refractivity contribution in [1.82, 2.24) is 25.5 Å². The average Bonchev–Trinajstić information content (AvgIpc) is 2.91. The van der Waals surface area contributed by atoms with Crippen molar-refractivity contribution in [2.24, 2.45) is 7.05 Å². The molecule has 2 rings (SSSR count). The fraction of sp³-hybridized carbons (Fsp3) is 0.533. The van der Waals surface area contributed by atoms with Gasteiger partial charge in [0.25, 0.3) is 0 Å². The van der Waals surface area contributed by atoms with E-state index in [4.69, 9.17) is 0 Å². The highest BCUT2D eigenvalue weighted by Gasteiger charge is 2.06. The summed E-state index contributed by atoms with van der Waals surface area (Å²) < 4.78 is 1.71. The number of aryl methyl sites for hydroxylation is 2. The summed E-state index contributed by atoms with van der Waals surface area (Å²) in [6, 6.07) is 9.19. The molecule has 114 valence electrons. The first-order valence-corrected chi connectivity index (χ1v) is 8.34. The van der Waals surface area contributed by atoms with Crippen molar-refractivity contribution in [3.63, 3.8) is 0 Å². The molecular weight excluding hydrogens is 282 g/mol. The Balaban J connectivity index is 1.89. The van der Waals surface area contributed by atoms with E-state index in [-0.39, 0.29) is 0 Å². The summed E-state index contributed by atoms with van der Waals surface area (Å²) in [7, 11) is 1.87. The van der Waals surface area contributed by atoms with Gasteiger partial charge in [-0.1, -0.05) is 43.0 Å². The molecule has 0 fully saturated rings. The largest absolute Gasteiger partial charge is 0.310 e. The third kappa shape index (κ3) is 4.82. The highest BCUT2D eigenvalue weighted by Crippen LogP contribution is 2.17. The zero-order valence-corrected chi connectivity index (χ0v) is 13.7. The van der Waals surface area contributed by atoms with Crippen LogP contribution in [0.5, 0.6) is 0 Å². The lowest BCUT2D eigenvalue weighted by Crippen LogP contribution is -2.25. The molecule has 5 nitrogen and oxygen atoms in total. The monoisotopic (exact) mass is 305 g/mol. The second-order valence-electron chi connectivity index (χ2n) is 5.14. The Morgan fingerprint density at radius 3 is 2.71 bits per heavy atom. The van der Waals surface area contributed by atoms with E-state index >= 15 is 0 Å². The number of hydrogen-bond acceptors (Lipinski definition) is 5. The lowest BCUT2D eigenvalue weighted by molar-refractivity contribution is 0.533. The summed E-state index contributed by atoms with van der Waals surface area (Å²) in [6.45, 7) is 5.36. The van der Waals surface area contributed by atoms with Crippen LogP contribution in [0.25, 0.3) is 0 Å². The first-order valence-electron chi connectivity index (χ1n) is 7.36. The lowest BCUT2D eigenvalue weighted by atomic mass is 10.0. The predicted octanol–water partition coefficient (Wildman–Crippen LogP) is 2.43. The minimum atomic E-state index is 0.553. The van der Waals surface area contributed by atoms with E-state index in [0.717, 1.165) is 30.3 Å². The predicted molar refractivity (Wildman–Crippen MR) is 86.3 cm³/mol. The van der Waals surface area contributed by atoms with Gasteiger partial charge in [0, 0.05) is 25.4 Å². The highest BCUT2D eigenvalue weighted by molar-refractivity contribution is 7.99. The van der Waals surface area contributed by atoms with Gasteiger partial charge < -0.3 is 5.32 Å². The molecule has 0 aliphatic rings. The van der Waals surface area contributed by atoms with Crippen LogP contribution in [0.2, 0.25) is 0 Å². The van der Waals surface area contributed by atoms with Gasteiger partial charge >= 0.3 is 0 Å². The molecule has 21 heavy (non-hydrogen) atoms. The summed E-state index contributed by atoms with van der Waals surface area (Å²) in [5.74, 6) is 0.981. The minimum absolute atomic E-state index is 0.553. The Kier molecular flexibility index (Phi) is 6.20. The van der Waals surface area contributed by atoms with Crippen LogP contribution in [0.3, 0.4) is 0 Å². The van der Waals surface area contributed by atoms with Gasteiger partial charge in [0.1, 0.15) is 0 Å². The van der Waals surface area contributed by atoms with Crippen molar-refractivity contribution in [2.75, 3.05) is 5.75 Å². The molecule has 0 aliphatic heterocycles. The molecule has 2 aromatic rings. The first-order chi connectivity index (χ1) is 10.2. The average molecular weight is 305 g/mol. The Hall–Kier alpha value is -1.40. The van der Waals surface area contributed by atoms with E-state index in [1.807, 2.05) is 7.05 Å². The van der Waals surface area contributed by atoms with Gasteiger partial charge in [0.2, 0.25) is 5.16 Å². The molecule has 1 heterocycles. The summed E-state index contributed by atoms with van der Waals surface area (Å²) in [4.78, 5) is 0. The maximum absolute atomic E-state index is 3.99. The third-order valence-corrected chi connectivity index (χ3v) is 4.57.